The van der Waals surface area contributed by atoms with Crippen LogP contribution in [0.3, 0.4) is 0 Å². The summed E-state index contributed by atoms with van der Waals surface area (Å²) < 4.78 is 51.5. The first-order valence-corrected chi connectivity index (χ1v) is 9.45. The number of rotatable bonds is 9. The van der Waals surface area contributed by atoms with Crippen molar-refractivity contribution >= 4 is 17.7 Å². The molecule has 8 heteroatoms. The van der Waals surface area contributed by atoms with Crippen LogP contribution in [-0.4, -0.2) is 39.1 Å². The van der Waals surface area contributed by atoms with Crippen LogP contribution in [0, 0.1) is 17.8 Å². The molecule has 0 aliphatic heterocycles. The highest BCUT2D eigenvalue weighted by atomic mass is 32.2. The van der Waals surface area contributed by atoms with Crippen LogP contribution in [0.5, 0.6) is 0 Å². The lowest BCUT2D eigenvalue weighted by atomic mass is 10.1. The van der Waals surface area contributed by atoms with Crippen LogP contribution < -0.4 is 0 Å². The predicted molar refractivity (Wildman–Crippen MR) is 73.7 cm³/mol. The molecule has 0 bridgehead atoms. The molecule has 0 aromatic heterocycles. The maximum atomic E-state index is 11.4. The molecule has 0 saturated carbocycles. The monoisotopic (exact) mass is 312 g/mol. The highest BCUT2D eigenvalue weighted by Gasteiger charge is 2.16. The topological polar surface area (TPSA) is 89.9 Å². The summed E-state index contributed by atoms with van der Waals surface area (Å²) in [6, 6.07) is 0. The van der Waals surface area contributed by atoms with E-state index in [0.717, 1.165) is 0 Å². The first-order chi connectivity index (χ1) is 8.70. The summed E-state index contributed by atoms with van der Waals surface area (Å²) >= 11 is 0. The fourth-order valence-electron chi connectivity index (χ4n) is 1.43. The van der Waals surface area contributed by atoms with Gasteiger partial charge in [-0.2, -0.15) is 8.42 Å². The van der Waals surface area contributed by atoms with Crippen molar-refractivity contribution in [2.75, 3.05) is 26.1 Å². The molecule has 0 amide bonds. The number of hydrogen-bond acceptors (Lipinski definition) is 5. The van der Waals surface area contributed by atoms with Crippen LogP contribution in [0.25, 0.3) is 0 Å². The van der Waals surface area contributed by atoms with Gasteiger partial charge in [-0.15, -0.1) is 5.92 Å². The van der Waals surface area contributed by atoms with Gasteiger partial charge in [-0.25, -0.2) is 0 Å². The molecular weight excluding hydrogens is 291 g/mol. The molecular formula is C11H21O6PS. The Bertz CT molecular complexity index is 461. The van der Waals surface area contributed by atoms with Crippen LogP contribution >= 0.6 is 7.60 Å². The van der Waals surface area contributed by atoms with E-state index in [9.17, 15) is 13.0 Å². The highest BCUT2D eigenvalue weighted by Crippen LogP contribution is 2.42. The molecule has 2 unspecified atom stereocenters. The van der Waals surface area contributed by atoms with Crippen molar-refractivity contribution in [3.63, 3.8) is 0 Å². The van der Waals surface area contributed by atoms with Gasteiger partial charge in [-0.05, 0) is 26.2 Å². The lowest BCUT2D eigenvalue weighted by molar-refractivity contribution is 0.233. The third-order valence-corrected chi connectivity index (χ3v) is 4.50. The van der Waals surface area contributed by atoms with Crippen LogP contribution in [0.1, 0.15) is 26.2 Å². The summed E-state index contributed by atoms with van der Waals surface area (Å²) in [7, 11) is -5.64. The van der Waals surface area contributed by atoms with E-state index in [1.165, 1.54) is 13.8 Å². The zero-order valence-electron chi connectivity index (χ0n) is 11.5. The largest absolute Gasteiger partial charge is 0.327 e. The SMILES string of the molecule is CC#CC(CCCCOP(C)(=O)OC)CS(=O)(=O)O. The van der Waals surface area contributed by atoms with Crippen molar-refractivity contribution in [2.45, 2.75) is 26.2 Å². The van der Waals surface area contributed by atoms with Crippen molar-refractivity contribution in [3.8, 4) is 11.8 Å². The standard InChI is InChI=1S/C11H21O6PS/c1-4-7-11(10-19(13,14)15)8-5-6-9-17-18(3,12)16-2/h11H,5-6,8-10H2,1-3H3,(H,13,14,15). The Morgan fingerprint density at radius 1 is 1.37 bits per heavy atom. The van der Waals surface area contributed by atoms with Gasteiger partial charge in [0, 0.05) is 19.7 Å². The first-order valence-electron chi connectivity index (χ1n) is 5.85. The van der Waals surface area contributed by atoms with E-state index < -0.39 is 23.6 Å². The summed E-state index contributed by atoms with van der Waals surface area (Å²) in [5, 5.41) is 0. The predicted octanol–water partition coefficient (Wildman–Crippen LogP) is 2.17. The smallest absolute Gasteiger partial charge is 0.312 e. The van der Waals surface area contributed by atoms with Crippen molar-refractivity contribution in [1.82, 2.24) is 0 Å². The van der Waals surface area contributed by atoms with Gasteiger partial charge in [0.05, 0.1) is 12.4 Å². The van der Waals surface area contributed by atoms with Crippen LogP contribution in [0.2, 0.25) is 0 Å². The average molecular weight is 312 g/mol. The van der Waals surface area contributed by atoms with Crippen LogP contribution in [-0.2, 0) is 23.7 Å². The highest BCUT2D eigenvalue weighted by molar-refractivity contribution is 7.85. The van der Waals surface area contributed by atoms with Gasteiger partial charge < -0.3 is 9.05 Å². The lowest BCUT2D eigenvalue weighted by Gasteiger charge is -2.12. The molecule has 0 spiro atoms. The molecule has 19 heavy (non-hydrogen) atoms. The van der Waals surface area contributed by atoms with Gasteiger partial charge in [-0.3, -0.25) is 9.12 Å². The minimum Gasteiger partial charge on any atom is -0.312 e. The second-order valence-corrected chi connectivity index (χ2v) is 7.79. The van der Waals surface area contributed by atoms with Crippen LogP contribution in [0.15, 0.2) is 0 Å². The molecule has 6 nitrogen and oxygen atoms in total. The summed E-state index contributed by atoms with van der Waals surface area (Å²) in [5.74, 6) is 4.64. The molecule has 112 valence electrons. The molecule has 0 fully saturated rings. The maximum absolute atomic E-state index is 11.4. The first kappa shape index (κ1) is 18.6. The minimum atomic E-state index is -4.01. The van der Waals surface area contributed by atoms with Crippen LogP contribution in [0.4, 0.5) is 0 Å². The Morgan fingerprint density at radius 3 is 2.47 bits per heavy atom. The Labute approximate surface area is 115 Å². The maximum Gasteiger partial charge on any atom is 0.327 e. The van der Waals surface area contributed by atoms with E-state index in [2.05, 4.69) is 16.4 Å². The van der Waals surface area contributed by atoms with Crippen molar-refractivity contribution in [1.29, 1.82) is 0 Å². The quantitative estimate of drug-likeness (QED) is 0.304. The van der Waals surface area contributed by atoms with Gasteiger partial charge >= 0.3 is 7.60 Å². The van der Waals surface area contributed by atoms with E-state index in [4.69, 9.17) is 9.08 Å². The van der Waals surface area contributed by atoms with E-state index in [1.54, 1.807) is 6.92 Å². The van der Waals surface area contributed by atoms with E-state index >= 15 is 0 Å². The third-order valence-electron chi connectivity index (χ3n) is 2.36. The molecule has 0 aromatic rings. The molecule has 0 saturated heterocycles. The van der Waals surface area contributed by atoms with E-state index in [-0.39, 0.29) is 12.4 Å². The Balaban J connectivity index is 4.01. The molecule has 0 rings (SSSR count). The number of unbranched alkanes of at least 4 members (excludes halogenated alkanes) is 1. The number of hydrogen-bond donors (Lipinski definition) is 1. The molecule has 0 radical (unpaired) electrons. The fraction of sp³-hybridized carbons (Fsp3) is 0.818. The van der Waals surface area contributed by atoms with Gasteiger partial charge in [-0.1, -0.05) is 5.92 Å². The molecule has 0 heterocycles. The van der Waals surface area contributed by atoms with Crippen molar-refractivity contribution in [3.05, 3.63) is 0 Å². The summed E-state index contributed by atoms with van der Waals surface area (Å²) in [5.41, 5.74) is 0. The van der Waals surface area contributed by atoms with Crippen molar-refractivity contribution < 1.29 is 26.6 Å². The molecule has 0 aliphatic carbocycles. The Kier molecular flexibility index (Phi) is 8.55. The van der Waals surface area contributed by atoms with Gasteiger partial charge in [0.2, 0.25) is 0 Å². The van der Waals surface area contributed by atoms with Crippen molar-refractivity contribution in [2.24, 2.45) is 5.92 Å². The molecule has 2 atom stereocenters. The fourth-order valence-corrected chi connectivity index (χ4v) is 2.76. The summed E-state index contributed by atoms with van der Waals surface area (Å²) in [6.45, 7) is 3.28. The second kappa shape index (κ2) is 8.72. The Hall–Kier alpha value is -0.380. The normalized spacial score (nSPS) is 16.2. The minimum absolute atomic E-state index is 0.278. The molecule has 0 aromatic carbocycles. The Morgan fingerprint density at radius 2 is 2.00 bits per heavy atom. The second-order valence-electron chi connectivity index (χ2n) is 4.12. The molecule has 1 N–H and O–H groups in total. The zero-order valence-corrected chi connectivity index (χ0v) is 13.2. The third kappa shape index (κ3) is 11.2. The van der Waals surface area contributed by atoms with Gasteiger partial charge in [0.15, 0.2) is 0 Å². The van der Waals surface area contributed by atoms with E-state index in [0.29, 0.717) is 19.3 Å². The van der Waals surface area contributed by atoms with Gasteiger partial charge in [0.25, 0.3) is 10.1 Å². The van der Waals surface area contributed by atoms with Gasteiger partial charge in [0.1, 0.15) is 0 Å². The lowest BCUT2D eigenvalue weighted by Crippen LogP contribution is -2.14. The zero-order chi connectivity index (χ0) is 14.9. The summed E-state index contributed by atoms with van der Waals surface area (Å²) in [4.78, 5) is 0. The summed E-state index contributed by atoms with van der Waals surface area (Å²) in [6.07, 6.45) is 1.82. The average Bonchev–Trinajstić information content (AvgIpc) is 2.26. The molecule has 0 aliphatic rings. The van der Waals surface area contributed by atoms with E-state index in [1.807, 2.05) is 0 Å².